The van der Waals surface area contributed by atoms with E-state index in [1.54, 1.807) is 0 Å². The molecule has 1 N–H and O–H groups in total. The molecule has 0 unspecified atom stereocenters. The van der Waals surface area contributed by atoms with Crippen LogP contribution >= 0.6 is 0 Å². The van der Waals surface area contributed by atoms with E-state index < -0.39 is 62.6 Å². The van der Waals surface area contributed by atoms with E-state index in [-0.39, 0.29) is 11.4 Å². The van der Waals surface area contributed by atoms with E-state index >= 15 is 0 Å². The standard InChI is InChI=1S/C15H11F6NO3S/c16-6-26(24,25)11-5-22(10-4-15(20,21)13(23)12(10)11)7-1-2-9(17)8(3-7)14(18)19/h1-3,5,13-14,23H,4,6H2/t13-/m0/s1. The van der Waals surface area contributed by atoms with Crippen molar-refractivity contribution >= 4 is 9.84 Å². The molecule has 0 spiro atoms. The van der Waals surface area contributed by atoms with E-state index in [2.05, 4.69) is 0 Å². The highest BCUT2D eigenvalue weighted by Crippen LogP contribution is 2.47. The second-order valence-corrected chi connectivity index (χ2v) is 7.68. The number of rotatable bonds is 4. The molecule has 1 aromatic heterocycles. The van der Waals surface area contributed by atoms with Crippen molar-refractivity contribution < 1.29 is 39.9 Å². The first-order valence-corrected chi connectivity index (χ1v) is 8.81. The minimum absolute atomic E-state index is 0.219. The Labute approximate surface area is 143 Å². The Bertz CT molecular complexity index is 970. The molecule has 0 bridgehead atoms. The topological polar surface area (TPSA) is 59.3 Å². The van der Waals surface area contributed by atoms with Crippen molar-refractivity contribution in [3.05, 3.63) is 47.0 Å². The lowest BCUT2D eigenvalue weighted by Crippen LogP contribution is -2.23. The van der Waals surface area contributed by atoms with Crippen LogP contribution in [0.15, 0.2) is 29.3 Å². The summed E-state index contributed by atoms with van der Waals surface area (Å²) in [6, 6.07) is 0.439. The van der Waals surface area contributed by atoms with Crippen molar-refractivity contribution in [1.82, 2.24) is 4.57 Å². The molecular weight excluding hydrogens is 388 g/mol. The van der Waals surface area contributed by atoms with Gasteiger partial charge in [-0.3, -0.25) is 0 Å². The minimum atomic E-state index is -4.63. The smallest absolute Gasteiger partial charge is 0.283 e. The van der Waals surface area contributed by atoms with Crippen LogP contribution in [0.25, 0.3) is 5.69 Å². The molecule has 3 rings (SSSR count). The Morgan fingerprint density at radius 1 is 1.31 bits per heavy atom. The molecule has 0 aliphatic heterocycles. The molecule has 26 heavy (non-hydrogen) atoms. The van der Waals surface area contributed by atoms with Crippen molar-refractivity contribution in [2.45, 2.75) is 29.8 Å². The molecule has 0 saturated carbocycles. The van der Waals surface area contributed by atoms with Gasteiger partial charge in [0.2, 0.25) is 9.84 Å². The van der Waals surface area contributed by atoms with E-state index in [1.807, 2.05) is 0 Å². The predicted molar refractivity (Wildman–Crippen MR) is 77.5 cm³/mol. The Balaban J connectivity index is 2.27. The molecule has 1 aliphatic rings. The number of benzene rings is 1. The van der Waals surface area contributed by atoms with Crippen molar-refractivity contribution in [3.8, 4) is 5.69 Å². The zero-order valence-corrected chi connectivity index (χ0v) is 13.6. The Morgan fingerprint density at radius 3 is 2.54 bits per heavy atom. The second kappa shape index (κ2) is 6.02. The average Bonchev–Trinajstić information content (AvgIpc) is 3.03. The van der Waals surface area contributed by atoms with Crippen molar-refractivity contribution in [2.24, 2.45) is 0 Å². The SMILES string of the molecule is O=S(=O)(CF)c1cn(-c2ccc(F)c(C(F)F)c2)c2c1[C@H](O)C(F)(F)C2. The number of alkyl halides is 5. The van der Waals surface area contributed by atoms with E-state index in [4.69, 9.17) is 0 Å². The van der Waals surface area contributed by atoms with Gasteiger partial charge in [-0.05, 0) is 18.2 Å². The summed E-state index contributed by atoms with van der Waals surface area (Å²) in [5, 5.41) is 9.77. The highest BCUT2D eigenvalue weighted by atomic mass is 32.2. The number of hydrogen-bond acceptors (Lipinski definition) is 3. The van der Waals surface area contributed by atoms with Crippen LogP contribution in [0.4, 0.5) is 26.3 Å². The highest BCUT2D eigenvalue weighted by Gasteiger charge is 2.51. The maximum Gasteiger partial charge on any atom is 0.283 e. The summed E-state index contributed by atoms with van der Waals surface area (Å²) in [5.41, 5.74) is -2.29. The van der Waals surface area contributed by atoms with Crippen LogP contribution < -0.4 is 0 Å². The molecule has 1 atom stereocenters. The third-order valence-electron chi connectivity index (χ3n) is 4.16. The minimum Gasteiger partial charge on any atom is -0.382 e. The highest BCUT2D eigenvalue weighted by molar-refractivity contribution is 7.91. The van der Waals surface area contributed by atoms with Gasteiger partial charge in [-0.2, -0.15) is 0 Å². The molecule has 4 nitrogen and oxygen atoms in total. The Morgan fingerprint density at radius 2 is 1.96 bits per heavy atom. The van der Waals surface area contributed by atoms with Gasteiger partial charge < -0.3 is 9.67 Å². The molecule has 2 aromatic rings. The number of aliphatic hydroxyl groups is 1. The summed E-state index contributed by atoms with van der Waals surface area (Å²) in [7, 11) is -4.63. The summed E-state index contributed by atoms with van der Waals surface area (Å²) >= 11 is 0. The normalized spacial score (nSPS) is 19.2. The summed E-state index contributed by atoms with van der Waals surface area (Å²) in [6.07, 6.45) is -6.02. The number of halogens is 6. The third-order valence-corrected chi connectivity index (χ3v) is 5.44. The number of hydrogen-bond donors (Lipinski definition) is 1. The van der Waals surface area contributed by atoms with Gasteiger partial charge in [-0.15, -0.1) is 0 Å². The fraction of sp³-hybridized carbons (Fsp3) is 0.333. The first-order chi connectivity index (χ1) is 12.0. The largest absolute Gasteiger partial charge is 0.382 e. The number of sulfone groups is 1. The summed E-state index contributed by atoms with van der Waals surface area (Å²) < 4.78 is 104. The molecule has 11 heteroatoms. The van der Waals surface area contributed by atoms with Crippen LogP contribution in [-0.2, 0) is 16.3 Å². The third kappa shape index (κ3) is 2.78. The average molecular weight is 399 g/mol. The molecule has 142 valence electrons. The van der Waals surface area contributed by atoms with E-state index in [0.29, 0.717) is 12.1 Å². The van der Waals surface area contributed by atoms with E-state index in [1.165, 1.54) is 0 Å². The van der Waals surface area contributed by atoms with Crippen LogP contribution in [0.5, 0.6) is 0 Å². The zero-order valence-electron chi connectivity index (χ0n) is 12.8. The van der Waals surface area contributed by atoms with E-state index in [0.717, 1.165) is 16.8 Å². The first kappa shape index (κ1) is 18.8. The van der Waals surface area contributed by atoms with Gasteiger partial charge in [0.25, 0.3) is 12.3 Å². The Kier molecular flexibility index (Phi) is 4.34. The number of aliphatic hydroxyl groups excluding tert-OH is 1. The van der Waals surface area contributed by atoms with Gasteiger partial charge in [-0.25, -0.2) is 34.8 Å². The molecule has 0 fully saturated rings. The Hall–Kier alpha value is -2.01. The summed E-state index contributed by atoms with van der Waals surface area (Å²) in [5.74, 6) is -4.95. The molecule has 0 saturated heterocycles. The fourth-order valence-corrected chi connectivity index (χ4v) is 3.87. The predicted octanol–water partition coefficient (Wildman–Crippen LogP) is 3.48. The van der Waals surface area contributed by atoms with Gasteiger partial charge in [0.15, 0.2) is 6.01 Å². The molecule has 0 radical (unpaired) electrons. The maximum absolute atomic E-state index is 13.9. The van der Waals surface area contributed by atoms with Gasteiger partial charge in [0.1, 0.15) is 11.9 Å². The lowest BCUT2D eigenvalue weighted by atomic mass is 10.2. The number of nitrogens with zero attached hydrogens (tertiary/aromatic N) is 1. The van der Waals surface area contributed by atoms with Crippen molar-refractivity contribution in [3.63, 3.8) is 0 Å². The first-order valence-electron chi connectivity index (χ1n) is 7.16. The lowest BCUT2D eigenvalue weighted by molar-refractivity contribution is -0.0981. The summed E-state index contributed by atoms with van der Waals surface area (Å²) in [6.45, 7) is 0. The zero-order chi connectivity index (χ0) is 19.4. The second-order valence-electron chi connectivity index (χ2n) is 5.79. The summed E-state index contributed by atoms with van der Waals surface area (Å²) in [4.78, 5) is -0.859. The van der Waals surface area contributed by atoms with Gasteiger partial charge in [-0.1, -0.05) is 0 Å². The van der Waals surface area contributed by atoms with Gasteiger partial charge >= 0.3 is 0 Å². The molecular formula is C15H11F6NO3S. The van der Waals surface area contributed by atoms with Crippen LogP contribution in [-0.4, -0.2) is 30.0 Å². The van der Waals surface area contributed by atoms with Crippen LogP contribution in [0.3, 0.4) is 0 Å². The van der Waals surface area contributed by atoms with Crippen molar-refractivity contribution in [2.75, 3.05) is 6.01 Å². The molecule has 0 amide bonds. The number of fused-ring (bicyclic) bond motifs is 1. The van der Waals surface area contributed by atoms with Crippen LogP contribution in [0.1, 0.15) is 29.4 Å². The monoisotopic (exact) mass is 399 g/mol. The number of aromatic nitrogens is 1. The quantitative estimate of drug-likeness (QED) is 0.801. The maximum atomic E-state index is 13.9. The lowest BCUT2D eigenvalue weighted by Gasteiger charge is -2.15. The fourth-order valence-electron chi connectivity index (χ4n) is 2.93. The molecule has 1 heterocycles. The molecule has 1 aromatic carbocycles. The van der Waals surface area contributed by atoms with E-state index in [9.17, 15) is 39.9 Å². The van der Waals surface area contributed by atoms with Crippen molar-refractivity contribution in [1.29, 1.82) is 0 Å². The van der Waals surface area contributed by atoms with Gasteiger partial charge in [0.05, 0.1) is 16.9 Å². The van der Waals surface area contributed by atoms with Crippen LogP contribution in [0.2, 0.25) is 0 Å². The van der Waals surface area contributed by atoms with Crippen LogP contribution in [0, 0.1) is 5.82 Å². The van der Waals surface area contributed by atoms with Gasteiger partial charge in [0, 0.05) is 23.1 Å². The molecule has 1 aliphatic carbocycles.